The van der Waals surface area contributed by atoms with E-state index in [1.54, 1.807) is 25.1 Å². The smallest absolute Gasteiger partial charge is 0.248 e. The molecule has 2 heteroatoms. The number of halogens is 1. The molecule has 0 N–H and O–H groups in total. The highest BCUT2D eigenvalue weighted by molar-refractivity contribution is 5.22. The molecule has 0 aromatic heterocycles. The van der Waals surface area contributed by atoms with Gasteiger partial charge in [0.05, 0.1) is 5.56 Å². The third-order valence-corrected chi connectivity index (χ3v) is 1.55. The van der Waals surface area contributed by atoms with E-state index in [0.29, 0.717) is 5.56 Å². The lowest BCUT2D eigenvalue weighted by atomic mass is 10.1. The number of hydrogen-bond acceptors (Lipinski definition) is 0. The van der Waals surface area contributed by atoms with Gasteiger partial charge in [0.15, 0.2) is 0 Å². The highest BCUT2D eigenvalue weighted by atomic mass is 19.1. The molecule has 1 nitrogen and oxygen atoms in total. The fourth-order valence-electron chi connectivity index (χ4n) is 0.883. The number of rotatable bonds is 1. The zero-order valence-corrected chi connectivity index (χ0v) is 6.21. The summed E-state index contributed by atoms with van der Waals surface area (Å²) < 4.78 is 12.9. The van der Waals surface area contributed by atoms with Gasteiger partial charge in [-0.3, -0.25) is 0 Å². The Hall–Kier alpha value is -1.36. The van der Waals surface area contributed by atoms with Crippen LogP contribution >= 0.6 is 0 Å². The molecule has 0 saturated heterocycles. The van der Waals surface area contributed by atoms with E-state index in [0.717, 1.165) is 0 Å². The van der Waals surface area contributed by atoms with E-state index in [2.05, 4.69) is 4.85 Å². The maximum atomic E-state index is 12.9. The van der Waals surface area contributed by atoms with Crippen molar-refractivity contribution < 1.29 is 4.39 Å². The summed E-state index contributed by atoms with van der Waals surface area (Å²) in [7, 11) is 0. The molecule has 0 heterocycles. The minimum atomic E-state index is -0.379. The molecule has 0 fully saturated rings. The van der Waals surface area contributed by atoms with Crippen LogP contribution in [0.4, 0.5) is 4.39 Å². The lowest BCUT2D eigenvalue weighted by Crippen LogP contribution is -1.90. The number of benzene rings is 1. The van der Waals surface area contributed by atoms with Gasteiger partial charge in [0.2, 0.25) is 6.04 Å². The Morgan fingerprint density at radius 1 is 1.45 bits per heavy atom. The molecule has 1 aromatic rings. The van der Waals surface area contributed by atoms with Crippen LogP contribution in [0.1, 0.15) is 18.5 Å². The molecule has 0 aliphatic carbocycles. The van der Waals surface area contributed by atoms with E-state index >= 15 is 0 Å². The summed E-state index contributed by atoms with van der Waals surface area (Å²) in [5, 5.41) is 0. The van der Waals surface area contributed by atoms with Crippen LogP contribution in [0.3, 0.4) is 0 Å². The third kappa shape index (κ3) is 1.56. The van der Waals surface area contributed by atoms with Crippen LogP contribution in [-0.2, 0) is 0 Å². The molecule has 0 aliphatic heterocycles. The molecule has 0 unspecified atom stereocenters. The first-order valence-electron chi connectivity index (χ1n) is 3.36. The highest BCUT2D eigenvalue weighted by Gasteiger charge is 2.12. The van der Waals surface area contributed by atoms with Crippen molar-refractivity contribution in [1.82, 2.24) is 0 Å². The Kier molecular flexibility index (Phi) is 2.22. The zero-order chi connectivity index (χ0) is 8.27. The molecule has 56 valence electrons. The minimum Gasteiger partial charge on any atom is -0.309 e. The molecule has 1 rings (SSSR count). The Bertz CT molecular complexity index is 288. The van der Waals surface area contributed by atoms with E-state index in [1.165, 1.54) is 6.07 Å². The molecule has 1 atom stereocenters. The van der Waals surface area contributed by atoms with Crippen LogP contribution in [0.2, 0.25) is 0 Å². The van der Waals surface area contributed by atoms with Crippen LogP contribution in [0.25, 0.3) is 4.85 Å². The average Bonchev–Trinajstić information content (AvgIpc) is 2.04. The molecule has 0 spiro atoms. The van der Waals surface area contributed by atoms with Gasteiger partial charge >= 0.3 is 0 Å². The van der Waals surface area contributed by atoms with Crippen LogP contribution in [0, 0.1) is 12.4 Å². The van der Waals surface area contributed by atoms with Gasteiger partial charge in [-0.1, -0.05) is 12.1 Å². The van der Waals surface area contributed by atoms with E-state index in [1.807, 2.05) is 0 Å². The molecule has 0 bridgehead atoms. The van der Waals surface area contributed by atoms with Crippen molar-refractivity contribution in [2.45, 2.75) is 13.0 Å². The third-order valence-electron chi connectivity index (χ3n) is 1.55. The van der Waals surface area contributed by atoms with Gasteiger partial charge in [0.1, 0.15) is 5.82 Å². The van der Waals surface area contributed by atoms with E-state index in [-0.39, 0.29) is 11.9 Å². The summed E-state index contributed by atoms with van der Waals surface area (Å²) in [4.78, 5) is 3.23. The minimum absolute atomic E-state index is 0.295. The first kappa shape index (κ1) is 7.74. The van der Waals surface area contributed by atoms with Gasteiger partial charge in [-0.05, 0) is 12.1 Å². The topological polar surface area (TPSA) is 4.36 Å². The van der Waals surface area contributed by atoms with Crippen LogP contribution in [0.15, 0.2) is 24.3 Å². The van der Waals surface area contributed by atoms with Crippen molar-refractivity contribution in [2.24, 2.45) is 0 Å². The van der Waals surface area contributed by atoms with E-state index in [4.69, 9.17) is 6.57 Å². The van der Waals surface area contributed by atoms with Gasteiger partial charge in [-0.2, -0.15) is 0 Å². The van der Waals surface area contributed by atoms with Crippen molar-refractivity contribution >= 4 is 0 Å². The summed E-state index contributed by atoms with van der Waals surface area (Å²) >= 11 is 0. The van der Waals surface area contributed by atoms with Crippen molar-refractivity contribution in [3.8, 4) is 0 Å². The summed E-state index contributed by atoms with van der Waals surface area (Å²) in [6.45, 7) is 8.39. The standard InChI is InChI=1S/C9H8FN/c1-7(11-2)8-5-3-4-6-9(8)10/h3-7H,1H3/t7-/m0/s1. The zero-order valence-electron chi connectivity index (χ0n) is 6.21. The molecule has 0 saturated carbocycles. The van der Waals surface area contributed by atoms with Gasteiger partial charge in [-0.25, -0.2) is 11.0 Å². The summed E-state index contributed by atoms with van der Waals surface area (Å²) in [6, 6.07) is 5.99. The highest BCUT2D eigenvalue weighted by Crippen LogP contribution is 2.18. The Balaban J connectivity index is 3.05. The SMILES string of the molecule is [C-]#[N+][C@@H](C)c1ccccc1F. The number of nitrogens with zero attached hydrogens (tertiary/aromatic N) is 1. The second-order valence-corrected chi connectivity index (χ2v) is 2.33. The van der Waals surface area contributed by atoms with Crippen LogP contribution < -0.4 is 0 Å². The largest absolute Gasteiger partial charge is 0.309 e. The van der Waals surface area contributed by atoms with Crippen LogP contribution in [-0.4, -0.2) is 0 Å². The van der Waals surface area contributed by atoms with E-state index < -0.39 is 0 Å². The second-order valence-electron chi connectivity index (χ2n) is 2.33. The van der Waals surface area contributed by atoms with Crippen LogP contribution in [0.5, 0.6) is 0 Å². The van der Waals surface area contributed by atoms with Gasteiger partial charge < -0.3 is 4.85 Å². The Morgan fingerprint density at radius 2 is 2.09 bits per heavy atom. The molecule has 0 aliphatic rings. The van der Waals surface area contributed by atoms with Crippen molar-refractivity contribution in [1.29, 1.82) is 0 Å². The molecular weight excluding hydrogens is 141 g/mol. The predicted molar refractivity (Wildman–Crippen MR) is 41.4 cm³/mol. The fraction of sp³-hybridized carbons (Fsp3) is 0.222. The quantitative estimate of drug-likeness (QED) is 0.541. The molecule has 0 amide bonds. The average molecular weight is 149 g/mol. The summed E-state index contributed by atoms with van der Waals surface area (Å²) in [5.74, 6) is -0.295. The maximum Gasteiger partial charge on any atom is 0.248 e. The van der Waals surface area contributed by atoms with Gasteiger partial charge in [0.25, 0.3) is 0 Å². The first-order valence-corrected chi connectivity index (χ1v) is 3.36. The summed E-state index contributed by atoms with van der Waals surface area (Å²) in [6.07, 6.45) is 0. The lowest BCUT2D eigenvalue weighted by Gasteiger charge is -1.99. The second kappa shape index (κ2) is 3.16. The van der Waals surface area contributed by atoms with E-state index in [9.17, 15) is 4.39 Å². The number of hydrogen-bond donors (Lipinski definition) is 0. The van der Waals surface area contributed by atoms with Crippen molar-refractivity contribution in [3.63, 3.8) is 0 Å². The van der Waals surface area contributed by atoms with Crippen molar-refractivity contribution in [3.05, 3.63) is 47.1 Å². The predicted octanol–water partition coefficient (Wildman–Crippen LogP) is 2.81. The normalized spacial score (nSPS) is 12.1. The molecule has 1 aromatic carbocycles. The lowest BCUT2D eigenvalue weighted by molar-refractivity contribution is 0.605. The fourth-order valence-corrected chi connectivity index (χ4v) is 0.883. The van der Waals surface area contributed by atoms with Gasteiger partial charge in [-0.15, -0.1) is 0 Å². The Labute approximate surface area is 65.3 Å². The molecule has 11 heavy (non-hydrogen) atoms. The summed E-state index contributed by atoms with van der Waals surface area (Å²) in [5.41, 5.74) is 0.475. The molecular formula is C9H8FN. The first-order chi connectivity index (χ1) is 5.25. The maximum absolute atomic E-state index is 12.9. The van der Waals surface area contributed by atoms with Gasteiger partial charge in [0, 0.05) is 6.92 Å². The van der Waals surface area contributed by atoms with Crippen molar-refractivity contribution in [2.75, 3.05) is 0 Å². The monoisotopic (exact) mass is 149 g/mol. The Morgan fingerprint density at radius 3 is 2.64 bits per heavy atom. The molecule has 0 radical (unpaired) electrons.